The Hall–Kier alpha value is -2.26. The molecule has 0 aliphatic carbocycles. The molecule has 0 radical (unpaired) electrons. The summed E-state index contributed by atoms with van der Waals surface area (Å²) in [6.45, 7) is 4.03. The number of sulfonamides is 1. The third-order valence-corrected chi connectivity index (χ3v) is 7.89. The van der Waals surface area contributed by atoms with Gasteiger partial charge in [-0.25, -0.2) is 8.42 Å². The molecule has 0 atom stereocenters. The largest absolute Gasteiger partial charge is 0.345 e. The SMILES string of the molecule is Cc1ccc(S(=O)(=O)N2CCCCC2)cc1C(=O)NCc1nnc2n1CCCCC2. The van der Waals surface area contributed by atoms with Crippen molar-refractivity contribution < 1.29 is 13.2 Å². The number of aryl methyl sites for hydroxylation is 2. The molecule has 1 fully saturated rings. The Labute approximate surface area is 177 Å². The van der Waals surface area contributed by atoms with Gasteiger partial charge in [-0.2, -0.15) is 4.31 Å². The van der Waals surface area contributed by atoms with E-state index in [-0.39, 0.29) is 17.3 Å². The number of hydrogen-bond acceptors (Lipinski definition) is 5. The molecule has 0 bridgehead atoms. The van der Waals surface area contributed by atoms with E-state index in [0.717, 1.165) is 62.3 Å². The summed E-state index contributed by atoms with van der Waals surface area (Å²) in [6, 6.07) is 4.79. The van der Waals surface area contributed by atoms with Gasteiger partial charge in [-0.05, 0) is 50.3 Å². The second kappa shape index (κ2) is 8.85. The van der Waals surface area contributed by atoms with Crippen LogP contribution >= 0.6 is 0 Å². The van der Waals surface area contributed by atoms with Crippen molar-refractivity contribution in [3.63, 3.8) is 0 Å². The highest BCUT2D eigenvalue weighted by atomic mass is 32.2. The van der Waals surface area contributed by atoms with Crippen LogP contribution in [0.4, 0.5) is 0 Å². The van der Waals surface area contributed by atoms with Crippen molar-refractivity contribution in [2.75, 3.05) is 13.1 Å². The minimum atomic E-state index is -3.58. The van der Waals surface area contributed by atoms with Gasteiger partial charge in [0.2, 0.25) is 10.0 Å². The van der Waals surface area contributed by atoms with E-state index >= 15 is 0 Å². The van der Waals surface area contributed by atoms with Crippen LogP contribution < -0.4 is 5.32 Å². The number of aromatic nitrogens is 3. The first-order valence-electron chi connectivity index (χ1n) is 10.8. The fourth-order valence-corrected chi connectivity index (χ4v) is 5.73. The monoisotopic (exact) mass is 431 g/mol. The van der Waals surface area contributed by atoms with E-state index in [0.29, 0.717) is 18.7 Å². The smallest absolute Gasteiger partial charge is 0.251 e. The molecule has 3 heterocycles. The number of carbonyl (C=O) groups excluding carboxylic acids is 1. The van der Waals surface area contributed by atoms with E-state index in [2.05, 4.69) is 20.1 Å². The topological polar surface area (TPSA) is 97.2 Å². The Bertz CT molecular complexity index is 1030. The van der Waals surface area contributed by atoms with Crippen LogP contribution in [0, 0.1) is 6.92 Å². The highest BCUT2D eigenvalue weighted by Gasteiger charge is 2.27. The lowest BCUT2D eigenvalue weighted by Gasteiger charge is -2.26. The summed E-state index contributed by atoms with van der Waals surface area (Å²) in [7, 11) is -3.58. The third-order valence-electron chi connectivity index (χ3n) is 6.00. The maximum absolute atomic E-state index is 13.0. The summed E-state index contributed by atoms with van der Waals surface area (Å²) in [5, 5.41) is 11.4. The van der Waals surface area contributed by atoms with Gasteiger partial charge in [-0.1, -0.05) is 18.9 Å². The molecule has 2 aliphatic heterocycles. The van der Waals surface area contributed by atoms with Gasteiger partial charge in [-0.3, -0.25) is 4.79 Å². The first kappa shape index (κ1) is 21.0. The molecule has 9 heteroatoms. The van der Waals surface area contributed by atoms with Crippen molar-refractivity contribution in [1.29, 1.82) is 0 Å². The summed E-state index contributed by atoms with van der Waals surface area (Å²) in [4.78, 5) is 13.1. The van der Waals surface area contributed by atoms with Gasteiger partial charge in [-0.15, -0.1) is 10.2 Å². The normalized spacial score (nSPS) is 17.9. The van der Waals surface area contributed by atoms with Gasteiger partial charge in [0.1, 0.15) is 5.82 Å². The predicted octanol–water partition coefficient (Wildman–Crippen LogP) is 2.42. The number of rotatable bonds is 5. The Morgan fingerprint density at radius 3 is 2.57 bits per heavy atom. The number of hydrogen-bond donors (Lipinski definition) is 1. The number of benzene rings is 1. The lowest BCUT2D eigenvalue weighted by atomic mass is 10.1. The molecule has 2 aliphatic rings. The molecule has 2 aromatic rings. The summed E-state index contributed by atoms with van der Waals surface area (Å²) in [5.41, 5.74) is 1.12. The summed E-state index contributed by atoms with van der Waals surface area (Å²) in [5.74, 6) is 1.42. The third kappa shape index (κ3) is 4.27. The molecule has 4 rings (SSSR count). The predicted molar refractivity (Wildman–Crippen MR) is 113 cm³/mol. The van der Waals surface area contributed by atoms with E-state index in [1.54, 1.807) is 12.1 Å². The zero-order valence-corrected chi connectivity index (χ0v) is 18.2. The average molecular weight is 432 g/mol. The van der Waals surface area contributed by atoms with Crippen molar-refractivity contribution in [2.45, 2.75) is 69.9 Å². The van der Waals surface area contributed by atoms with Crippen LogP contribution in [-0.4, -0.2) is 46.5 Å². The van der Waals surface area contributed by atoms with Gasteiger partial charge in [0, 0.05) is 31.6 Å². The molecule has 0 unspecified atom stereocenters. The number of nitrogens with one attached hydrogen (secondary N) is 1. The fourth-order valence-electron chi connectivity index (χ4n) is 4.19. The second-order valence-electron chi connectivity index (χ2n) is 8.12. The minimum Gasteiger partial charge on any atom is -0.345 e. The van der Waals surface area contributed by atoms with E-state index in [1.807, 2.05) is 6.92 Å². The van der Waals surface area contributed by atoms with Crippen LogP contribution in [0.5, 0.6) is 0 Å². The van der Waals surface area contributed by atoms with E-state index < -0.39 is 10.0 Å². The van der Waals surface area contributed by atoms with Crippen LogP contribution in [-0.2, 0) is 29.5 Å². The number of nitrogens with zero attached hydrogens (tertiary/aromatic N) is 4. The first-order chi connectivity index (χ1) is 14.5. The molecule has 1 saturated heterocycles. The maximum atomic E-state index is 13.0. The van der Waals surface area contributed by atoms with E-state index in [9.17, 15) is 13.2 Å². The summed E-state index contributed by atoms with van der Waals surface area (Å²) >= 11 is 0. The summed E-state index contributed by atoms with van der Waals surface area (Å²) in [6.07, 6.45) is 7.09. The van der Waals surface area contributed by atoms with Crippen molar-refractivity contribution in [3.8, 4) is 0 Å². The summed E-state index contributed by atoms with van der Waals surface area (Å²) < 4.78 is 29.6. The van der Waals surface area contributed by atoms with E-state index in [1.165, 1.54) is 16.8 Å². The lowest BCUT2D eigenvalue weighted by Crippen LogP contribution is -2.35. The Morgan fingerprint density at radius 2 is 1.77 bits per heavy atom. The zero-order chi connectivity index (χ0) is 21.1. The van der Waals surface area contributed by atoms with Crippen molar-refractivity contribution in [2.24, 2.45) is 0 Å². The van der Waals surface area contributed by atoms with Crippen LogP contribution in [0.2, 0.25) is 0 Å². The number of amides is 1. The van der Waals surface area contributed by atoms with Gasteiger partial charge >= 0.3 is 0 Å². The second-order valence-corrected chi connectivity index (χ2v) is 10.1. The highest BCUT2D eigenvalue weighted by molar-refractivity contribution is 7.89. The highest BCUT2D eigenvalue weighted by Crippen LogP contribution is 2.23. The van der Waals surface area contributed by atoms with Crippen molar-refractivity contribution in [3.05, 3.63) is 41.0 Å². The zero-order valence-electron chi connectivity index (χ0n) is 17.4. The van der Waals surface area contributed by atoms with Crippen LogP contribution in [0.15, 0.2) is 23.1 Å². The van der Waals surface area contributed by atoms with Gasteiger partial charge < -0.3 is 9.88 Å². The molecule has 1 aromatic carbocycles. The molecular weight excluding hydrogens is 402 g/mol. The molecule has 1 aromatic heterocycles. The fraction of sp³-hybridized carbons (Fsp3) is 0.571. The van der Waals surface area contributed by atoms with Gasteiger partial charge in [0.25, 0.3) is 5.91 Å². The average Bonchev–Trinajstić information content (AvgIpc) is 2.98. The van der Waals surface area contributed by atoms with Crippen LogP contribution in [0.3, 0.4) is 0 Å². The number of fused-ring (bicyclic) bond motifs is 1. The van der Waals surface area contributed by atoms with Gasteiger partial charge in [0.15, 0.2) is 5.82 Å². The molecule has 1 amide bonds. The molecule has 0 spiro atoms. The molecule has 162 valence electrons. The molecule has 0 saturated carbocycles. The Kier molecular flexibility index (Phi) is 6.19. The first-order valence-corrected chi connectivity index (χ1v) is 12.2. The van der Waals surface area contributed by atoms with E-state index in [4.69, 9.17) is 0 Å². The van der Waals surface area contributed by atoms with Crippen LogP contribution in [0.1, 0.15) is 66.1 Å². The van der Waals surface area contributed by atoms with Crippen LogP contribution in [0.25, 0.3) is 0 Å². The molecule has 1 N–H and O–H groups in total. The van der Waals surface area contributed by atoms with Crippen molar-refractivity contribution in [1.82, 2.24) is 24.4 Å². The quantitative estimate of drug-likeness (QED) is 0.784. The Morgan fingerprint density at radius 1 is 1.03 bits per heavy atom. The lowest BCUT2D eigenvalue weighted by molar-refractivity contribution is 0.0948. The maximum Gasteiger partial charge on any atom is 0.251 e. The van der Waals surface area contributed by atoms with Crippen molar-refractivity contribution >= 4 is 15.9 Å². The standard InChI is InChI=1S/C21H29N5O3S/c1-16-9-10-17(30(28,29)25-11-5-3-6-12-25)14-18(16)21(27)22-15-20-24-23-19-8-4-2-7-13-26(19)20/h9-10,14H,2-8,11-13,15H2,1H3,(H,22,27). The molecule has 8 nitrogen and oxygen atoms in total. The Balaban J connectivity index is 1.50. The molecule has 30 heavy (non-hydrogen) atoms. The molecular formula is C21H29N5O3S. The number of piperidine rings is 1. The minimum absolute atomic E-state index is 0.177. The van der Waals surface area contributed by atoms with Gasteiger partial charge in [0.05, 0.1) is 11.4 Å². The number of carbonyl (C=O) groups is 1.